The average molecular weight is 171 g/mol. The van der Waals surface area contributed by atoms with Crippen LogP contribution in [0.25, 0.3) is 0 Å². The summed E-state index contributed by atoms with van der Waals surface area (Å²) in [6, 6.07) is 0.867. The van der Waals surface area contributed by atoms with Crippen molar-refractivity contribution < 1.29 is 0 Å². The van der Waals surface area contributed by atoms with Gasteiger partial charge in [0, 0.05) is 6.04 Å². The first-order chi connectivity index (χ1) is 5.93. The molecular weight excluding hydrogens is 146 g/mol. The maximum atomic E-state index is 3.58. The molecule has 1 heteroatoms. The summed E-state index contributed by atoms with van der Waals surface area (Å²) in [7, 11) is 0. The van der Waals surface area contributed by atoms with Crippen LogP contribution in [0.1, 0.15) is 59.3 Å². The first-order valence-corrected chi connectivity index (χ1v) is 5.67. The third-order valence-electron chi connectivity index (χ3n) is 2.32. The molecule has 0 amide bonds. The normalized spacial score (nSPS) is 17.2. The van der Waals surface area contributed by atoms with Gasteiger partial charge in [-0.1, -0.05) is 40.0 Å². The van der Waals surface area contributed by atoms with Crippen LogP contribution in [0, 0.1) is 0 Å². The lowest BCUT2D eigenvalue weighted by molar-refractivity contribution is 0.513. The highest BCUT2D eigenvalue weighted by atomic mass is 14.9. The number of unbranched alkanes of at least 4 members (excludes halogenated alkanes) is 1. The quantitative estimate of drug-likeness (QED) is 0.640. The third kappa shape index (κ3) is 5.59. The van der Waals surface area contributed by atoms with E-state index in [1.54, 1.807) is 0 Å². The van der Waals surface area contributed by atoms with Crippen LogP contribution in [0.15, 0.2) is 0 Å². The molecule has 1 aliphatic carbocycles. The Balaban J connectivity index is 0.000000561. The molecule has 12 heavy (non-hydrogen) atoms. The van der Waals surface area contributed by atoms with Crippen molar-refractivity contribution in [3.8, 4) is 0 Å². The Labute approximate surface area is 77.9 Å². The van der Waals surface area contributed by atoms with E-state index in [0.29, 0.717) is 0 Å². The minimum Gasteiger partial charge on any atom is -0.314 e. The van der Waals surface area contributed by atoms with E-state index in [2.05, 4.69) is 12.2 Å². The van der Waals surface area contributed by atoms with Gasteiger partial charge in [-0.15, -0.1) is 0 Å². The van der Waals surface area contributed by atoms with Crippen molar-refractivity contribution in [2.75, 3.05) is 6.54 Å². The van der Waals surface area contributed by atoms with Gasteiger partial charge in [-0.3, -0.25) is 0 Å². The van der Waals surface area contributed by atoms with E-state index in [-0.39, 0.29) is 0 Å². The Hall–Kier alpha value is -0.0400. The van der Waals surface area contributed by atoms with Gasteiger partial charge in [0.1, 0.15) is 0 Å². The molecule has 0 aromatic carbocycles. The number of rotatable bonds is 4. The Morgan fingerprint density at radius 1 is 1.17 bits per heavy atom. The summed E-state index contributed by atoms with van der Waals surface area (Å²) in [6.45, 7) is 7.48. The van der Waals surface area contributed by atoms with Crippen molar-refractivity contribution in [2.24, 2.45) is 0 Å². The summed E-state index contributed by atoms with van der Waals surface area (Å²) >= 11 is 0. The van der Waals surface area contributed by atoms with Gasteiger partial charge in [0.05, 0.1) is 0 Å². The molecule has 0 heterocycles. The zero-order chi connectivity index (χ0) is 9.23. The van der Waals surface area contributed by atoms with E-state index < -0.39 is 0 Å². The molecule has 0 saturated heterocycles. The lowest BCUT2D eigenvalue weighted by Crippen LogP contribution is -2.26. The summed E-state index contributed by atoms with van der Waals surface area (Å²) in [4.78, 5) is 0. The Morgan fingerprint density at radius 3 is 2.25 bits per heavy atom. The van der Waals surface area contributed by atoms with Gasteiger partial charge in [0.25, 0.3) is 0 Å². The van der Waals surface area contributed by atoms with Crippen LogP contribution in [-0.4, -0.2) is 12.6 Å². The molecule has 0 bridgehead atoms. The van der Waals surface area contributed by atoms with E-state index in [4.69, 9.17) is 0 Å². The summed E-state index contributed by atoms with van der Waals surface area (Å²) < 4.78 is 0. The van der Waals surface area contributed by atoms with Gasteiger partial charge >= 0.3 is 0 Å². The van der Waals surface area contributed by atoms with Crippen LogP contribution in [-0.2, 0) is 0 Å². The van der Waals surface area contributed by atoms with Crippen LogP contribution >= 0.6 is 0 Å². The highest BCUT2D eigenvalue weighted by Crippen LogP contribution is 2.17. The Kier molecular flexibility index (Phi) is 9.02. The lowest BCUT2D eigenvalue weighted by atomic mass is 10.2. The molecule has 1 nitrogen and oxygen atoms in total. The van der Waals surface area contributed by atoms with E-state index >= 15 is 0 Å². The van der Waals surface area contributed by atoms with Crippen molar-refractivity contribution in [3.05, 3.63) is 0 Å². The fraction of sp³-hybridized carbons (Fsp3) is 1.00. The SMILES string of the molecule is CC.CCCCNC1CCCC1. The first-order valence-electron chi connectivity index (χ1n) is 5.67. The zero-order valence-electron chi connectivity index (χ0n) is 9.03. The van der Waals surface area contributed by atoms with E-state index in [1.165, 1.54) is 45.1 Å². The second-order valence-electron chi connectivity index (χ2n) is 3.29. The molecule has 0 radical (unpaired) electrons. The molecule has 1 saturated carbocycles. The summed E-state index contributed by atoms with van der Waals surface area (Å²) in [5.41, 5.74) is 0. The molecule has 0 atom stereocenters. The average Bonchev–Trinajstić information content (AvgIpc) is 2.61. The second kappa shape index (κ2) is 9.05. The number of hydrogen-bond donors (Lipinski definition) is 1. The molecule has 1 rings (SSSR count). The van der Waals surface area contributed by atoms with Crippen LogP contribution in [0.3, 0.4) is 0 Å². The highest BCUT2D eigenvalue weighted by molar-refractivity contribution is 4.72. The smallest absolute Gasteiger partial charge is 0.00670 e. The van der Waals surface area contributed by atoms with E-state index in [1.807, 2.05) is 13.8 Å². The fourth-order valence-corrected chi connectivity index (χ4v) is 1.61. The summed E-state index contributed by atoms with van der Waals surface area (Å²) in [5.74, 6) is 0. The molecule has 0 aromatic heterocycles. The monoisotopic (exact) mass is 171 g/mol. The summed E-state index contributed by atoms with van der Waals surface area (Å²) in [5, 5.41) is 3.58. The van der Waals surface area contributed by atoms with Crippen LogP contribution < -0.4 is 5.32 Å². The molecule has 1 fully saturated rings. The molecule has 74 valence electrons. The molecule has 1 N–H and O–H groups in total. The largest absolute Gasteiger partial charge is 0.314 e. The van der Waals surface area contributed by atoms with Gasteiger partial charge in [0.15, 0.2) is 0 Å². The first kappa shape index (κ1) is 12.0. The minimum atomic E-state index is 0.867. The van der Waals surface area contributed by atoms with Gasteiger partial charge in [-0.05, 0) is 25.8 Å². The predicted octanol–water partition coefficient (Wildman–Crippen LogP) is 3.34. The Morgan fingerprint density at radius 2 is 1.75 bits per heavy atom. The molecule has 0 aliphatic heterocycles. The van der Waals surface area contributed by atoms with Crippen molar-refractivity contribution in [2.45, 2.75) is 65.3 Å². The Bertz CT molecular complexity index is 75.1. The second-order valence-corrected chi connectivity index (χ2v) is 3.29. The van der Waals surface area contributed by atoms with Gasteiger partial charge in [0.2, 0.25) is 0 Å². The standard InChI is InChI=1S/C9H19N.C2H6/c1-2-3-8-10-9-6-4-5-7-9;1-2/h9-10H,2-8H2,1H3;1-2H3. The summed E-state index contributed by atoms with van der Waals surface area (Å²) in [6.07, 6.45) is 8.40. The predicted molar refractivity (Wildman–Crippen MR) is 56.5 cm³/mol. The lowest BCUT2D eigenvalue weighted by Gasteiger charge is -2.09. The van der Waals surface area contributed by atoms with Crippen LogP contribution in [0.2, 0.25) is 0 Å². The van der Waals surface area contributed by atoms with Gasteiger partial charge < -0.3 is 5.32 Å². The number of hydrogen-bond acceptors (Lipinski definition) is 1. The maximum absolute atomic E-state index is 3.58. The molecule has 1 aliphatic rings. The van der Waals surface area contributed by atoms with Crippen LogP contribution in [0.4, 0.5) is 0 Å². The molecule has 0 unspecified atom stereocenters. The van der Waals surface area contributed by atoms with Crippen molar-refractivity contribution in [3.63, 3.8) is 0 Å². The van der Waals surface area contributed by atoms with Gasteiger partial charge in [-0.25, -0.2) is 0 Å². The maximum Gasteiger partial charge on any atom is 0.00670 e. The van der Waals surface area contributed by atoms with Gasteiger partial charge in [-0.2, -0.15) is 0 Å². The van der Waals surface area contributed by atoms with Crippen molar-refractivity contribution in [1.29, 1.82) is 0 Å². The fourth-order valence-electron chi connectivity index (χ4n) is 1.61. The third-order valence-corrected chi connectivity index (χ3v) is 2.32. The van der Waals surface area contributed by atoms with Crippen LogP contribution in [0.5, 0.6) is 0 Å². The van der Waals surface area contributed by atoms with E-state index in [0.717, 1.165) is 6.04 Å². The topological polar surface area (TPSA) is 12.0 Å². The van der Waals surface area contributed by atoms with Crippen molar-refractivity contribution >= 4 is 0 Å². The van der Waals surface area contributed by atoms with E-state index in [9.17, 15) is 0 Å². The van der Waals surface area contributed by atoms with Crippen molar-refractivity contribution in [1.82, 2.24) is 5.32 Å². The highest BCUT2D eigenvalue weighted by Gasteiger charge is 2.12. The minimum absolute atomic E-state index is 0.867. The zero-order valence-corrected chi connectivity index (χ0v) is 9.03. The number of nitrogens with one attached hydrogen (secondary N) is 1. The molecule has 0 spiro atoms. The molecular formula is C11H25N. The molecule has 0 aromatic rings.